The molecule has 96 valence electrons. The van der Waals surface area contributed by atoms with Crippen molar-refractivity contribution in [2.24, 2.45) is 11.8 Å². The van der Waals surface area contributed by atoms with Crippen LogP contribution in [0.2, 0.25) is 0 Å². The summed E-state index contributed by atoms with van der Waals surface area (Å²) in [5, 5.41) is 7.58. The van der Waals surface area contributed by atoms with Gasteiger partial charge in [-0.3, -0.25) is 14.9 Å². The molecule has 0 saturated carbocycles. The van der Waals surface area contributed by atoms with Gasteiger partial charge in [-0.25, -0.2) is 5.84 Å². The summed E-state index contributed by atoms with van der Waals surface area (Å²) in [7, 11) is 0. The number of hydrazine groups is 1. The Bertz CT molecular complexity index is 352. The Labute approximate surface area is 105 Å². The highest BCUT2D eigenvalue weighted by atomic mass is 32.2. The number of nitrogens with two attached hydrogens (primary N) is 1. The van der Waals surface area contributed by atoms with Crippen LogP contribution in [0.25, 0.3) is 0 Å². The van der Waals surface area contributed by atoms with Crippen molar-refractivity contribution in [2.75, 3.05) is 11.5 Å². The molecule has 1 amide bonds. The van der Waals surface area contributed by atoms with Gasteiger partial charge in [0.25, 0.3) is 5.91 Å². The summed E-state index contributed by atoms with van der Waals surface area (Å²) in [4.78, 5) is 11.1. The number of carbonyl (C=O) groups excluding carboxylic acids is 1. The number of carbonyl (C=O) groups is 1. The number of amides is 1. The third-order valence-corrected chi connectivity index (χ3v) is 3.20. The van der Waals surface area contributed by atoms with Crippen molar-refractivity contribution in [1.82, 2.24) is 20.4 Å². The van der Waals surface area contributed by atoms with E-state index in [1.165, 1.54) is 6.42 Å². The molecule has 0 aromatic carbocycles. The van der Waals surface area contributed by atoms with Gasteiger partial charge in [0.15, 0.2) is 5.69 Å². The number of nitrogen functional groups attached to an aromatic ring is 1. The van der Waals surface area contributed by atoms with Crippen LogP contribution in [-0.4, -0.2) is 32.4 Å². The van der Waals surface area contributed by atoms with E-state index in [0.29, 0.717) is 0 Å². The number of nitrogens with zero attached hydrogens (tertiary/aromatic N) is 3. The minimum Gasteiger partial charge on any atom is -0.289 e. The maximum atomic E-state index is 11.1. The minimum atomic E-state index is -0.413. The summed E-state index contributed by atoms with van der Waals surface area (Å²) in [6.45, 7) is 5.19. The summed E-state index contributed by atoms with van der Waals surface area (Å²) in [6, 6.07) is 0. The van der Waals surface area contributed by atoms with E-state index in [2.05, 4.69) is 24.2 Å². The zero-order valence-electron chi connectivity index (χ0n) is 10.2. The van der Waals surface area contributed by atoms with Crippen LogP contribution >= 0.6 is 11.8 Å². The Kier molecular flexibility index (Phi) is 5.99. The van der Waals surface area contributed by atoms with Gasteiger partial charge in [0.05, 0.1) is 12.7 Å². The van der Waals surface area contributed by atoms with Crippen molar-refractivity contribution in [3.05, 3.63) is 11.9 Å². The molecule has 17 heavy (non-hydrogen) atoms. The summed E-state index contributed by atoms with van der Waals surface area (Å²) in [5.41, 5.74) is 2.27. The monoisotopic (exact) mass is 257 g/mol. The standard InChI is InChI=1S/C10H19N5OS/c1-8(2)3-5-17-6-4-15-7-9(13-14-15)10(16)12-11/h7-8H,3-6,11H2,1-2H3,(H,12,16). The molecule has 1 aromatic rings. The first-order valence-corrected chi connectivity index (χ1v) is 6.77. The lowest BCUT2D eigenvalue weighted by Gasteiger charge is -2.03. The van der Waals surface area contributed by atoms with Crippen molar-refractivity contribution < 1.29 is 4.79 Å². The van der Waals surface area contributed by atoms with Crippen LogP contribution in [-0.2, 0) is 6.54 Å². The van der Waals surface area contributed by atoms with Crippen LogP contribution in [0.5, 0.6) is 0 Å². The molecule has 0 spiro atoms. The molecular formula is C10H19N5OS. The highest BCUT2D eigenvalue weighted by molar-refractivity contribution is 7.99. The van der Waals surface area contributed by atoms with E-state index >= 15 is 0 Å². The smallest absolute Gasteiger partial charge is 0.287 e. The van der Waals surface area contributed by atoms with E-state index in [1.54, 1.807) is 10.9 Å². The Morgan fingerprint density at radius 3 is 3.00 bits per heavy atom. The topological polar surface area (TPSA) is 85.8 Å². The predicted octanol–water partition coefficient (Wildman–Crippen LogP) is 0.661. The molecule has 0 atom stereocenters. The molecule has 1 rings (SSSR count). The molecule has 0 unspecified atom stereocenters. The summed E-state index contributed by atoms with van der Waals surface area (Å²) >= 11 is 1.89. The number of aromatic nitrogens is 3. The maximum Gasteiger partial charge on any atom is 0.287 e. The number of hydrogen-bond donors (Lipinski definition) is 2. The molecule has 0 bridgehead atoms. The molecule has 3 N–H and O–H groups in total. The Balaban J connectivity index is 2.23. The zero-order valence-corrected chi connectivity index (χ0v) is 11.0. The SMILES string of the molecule is CC(C)CCSCCn1cc(C(=O)NN)nn1. The van der Waals surface area contributed by atoms with Gasteiger partial charge in [0.2, 0.25) is 0 Å². The van der Waals surface area contributed by atoms with Gasteiger partial charge in [-0.1, -0.05) is 19.1 Å². The van der Waals surface area contributed by atoms with E-state index in [4.69, 9.17) is 5.84 Å². The number of rotatable bonds is 7. The lowest BCUT2D eigenvalue weighted by atomic mass is 10.2. The maximum absolute atomic E-state index is 11.1. The van der Waals surface area contributed by atoms with Gasteiger partial charge in [0.1, 0.15) is 0 Å². The van der Waals surface area contributed by atoms with Crippen molar-refractivity contribution in [3.8, 4) is 0 Å². The van der Waals surface area contributed by atoms with Gasteiger partial charge in [-0.2, -0.15) is 11.8 Å². The van der Waals surface area contributed by atoms with Gasteiger partial charge in [0, 0.05) is 5.75 Å². The number of thioether (sulfide) groups is 1. The second-order valence-corrected chi connectivity index (χ2v) is 5.36. The number of aryl methyl sites for hydroxylation is 1. The van der Waals surface area contributed by atoms with Gasteiger partial charge in [-0.15, -0.1) is 5.10 Å². The molecule has 0 aliphatic heterocycles. The largest absolute Gasteiger partial charge is 0.289 e. The van der Waals surface area contributed by atoms with E-state index in [0.717, 1.165) is 24.0 Å². The summed E-state index contributed by atoms with van der Waals surface area (Å²) in [5.74, 6) is 7.46. The normalized spacial score (nSPS) is 10.8. The number of hydrogen-bond acceptors (Lipinski definition) is 5. The molecule has 0 aliphatic rings. The first-order valence-electron chi connectivity index (χ1n) is 5.62. The zero-order chi connectivity index (χ0) is 12.7. The second kappa shape index (κ2) is 7.29. The highest BCUT2D eigenvalue weighted by Gasteiger charge is 2.08. The van der Waals surface area contributed by atoms with Gasteiger partial charge < -0.3 is 0 Å². The Hall–Kier alpha value is -1.08. The van der Waals surface area contributed by atoms with Crippen molar-refractivity contribution in [3.63, 3.8) is 0 Å². The van der Waals surface area contributed by atoms with Crippen LogP contribution < -0.4 is 11.3 Å². The van der Waals surface area contributed by atoms with E-state index in [-0.39, 0.29) is 5.69 Å². The van der Waals surface area contributed by atoms with Crippen LogP contribution in [0.1, 0.15) is 30.8 Å². The molecule has 7 heteroatoms. The number of nitrogens with one attached hydrogen (secondary N) is 1. The van der Waals surface area contributed by atoms with Crippen LogP contribution in [0.4, 0.5) is 0 Å². The summed E-state index contributed by atoms with van der Waals surface area (Å²) in [6.07, 6.45) is 2.83. The first-order chi connectivity index (χ1) is 8.13. The highest BCUT2D eigenvalue weighted by Crippen LogP contribution is 2.08. The minimum absolute atomic E-state index is 0.250. The van der Waals surface area contributed by atoms with Crippen molar-refractivity contribution >= 4 is 17.7 Å². The van der Waals surface area contributed by atoms with E-state index < -0.39 is 5.91 Å². The van der Waals surface area contributed by atoms with Crippen molar-refractivity contribution in [2.45, 2.75) is 26.8 Å². The average molecular weight is 257 g/mol. The molecule has 0 aliphatic carbocycles. The van der Waals surface area contributed by atoms with Gasteiger partial charge >= 0.3 is 0 Å². The predicted molar refractivity (Wildman–Crippen MR) is 68.5 cm³/mol. The van der Waals surface area contributed by atoms with E-state index in [9.17, 15) is 4.79 Å². The fraction of sp³-hybridized carbons (Fsp3) is 0.700. The third kappa shape index (κ3) is 5.18. The Morgan fingerprint density at radius 2 is 2.35 bits per heavy atom. The molecular weight excluding hydrogens is 238 g/mol. The first kappa shape index (κ1) is 14.0. The fourth-order valence-corrected chi connectivity index (χ4v) is 2.32. The second-order valence-electron chi connectivity index (χ2n) is 4.14. The van der Waals surface area contributed by atoms with Crippen LogP contribution in [0, 0.1) is 5.92 Å². The van der Waals surface area contributed by atoms with Crippen LogP contribution in [0.15, 0.2) is 6.20 Å². The average Bonchev–Trinajstić information content (AvgIpc) is 2.76. The molecule has 6 nitrogen and oxygen atoms in total. The van der Waals surface area contributed by atoms with Crippen LogP contribution in [0.3, 0.4) is 0 Å². The third-order valence-electron chi connectivity index (χ3n) is 2.21. The summed E-state index contributed by atoms with van der Waals surface area (Å²) < 4.78 is 1.66. The van der Waals surface area contributed by atoms with Crippen molar-refractivity contribution in [1.29, 1.82) is 0 Å². The van der Waals surface area contributed by atoms with E-state index in [1.807, 2.05) is 17.2 Å². The molecule has 1 heterocycles. The Morgan fingerprint density at radius 1 is 1.59 bits per heavy atom. The quantitative estimate of drug-likeness (QED) is 0.324. The van der Waals surface area contributed by atoms with Gasteiger partial charge in [-0.05, 0) is 18.1 Å². The molecule has 0 radical (unpaired) electrons. The fourth-order valence-electron chi connectivity index (χ4n) is 1.16. The lowest BCUT2D eigenvalue weighted by Crippen LogP contribution is -2.30. The molecule has 1 aromatic heterocycles. The lowest BCUT2D eigenvalue weighted by molar-refractivity contribution is 0.0948. The molecule has 0 saturated heterocycles. The molecule has 0 fully saturated rings.